The van der Waals surface area contributed by atoms with Crippen LogP contribution in [0.4, 0.5) is 8.78 Å². The van der Waals surface area contributed by atoms with E-state index in [-0.39, 0.29) is 17.2 Å². The maximum atomic E-state index is 15.4. The molecular weight excluding hydrogens is 410 g/mol. The fraction of sp³-hybridized carbons (Fsp3) is 0.269. The predicted octanol–water partition coefficient (Wildman–Crippen LogP) is 5.85. The van der Waals surface area contributed by atoms with Gasteiger partial charge < -0.3 is 10.1 Å². The molecule has 1 aliphatic rings. The average molecular weight is 437 g/mol. The summed E-state index contributed by atoms with van der Waals surface area (Å²) in [5.74, 6) is -2.55. The van der Waals surface area contributed by atoms with Crippen molar-refractivity contribution in [2.75, 3.05) is 6.54 Å². The molecule has 1 aromatic heterocycles. The second-order valence-electron chi connectivity index (χ2n) is 8.26. The molecule has 4 nitrogen and oxygen atoms in total. The number of nitrogens with one attached hydrogen (secondary N) is 1. The molecule has 0 bridgehead atoms. The van der Waals surface area contributed by atoms with Gasteiger partial charge >= 0.3 is 5.97 Å². The third-order valence-corrected chi connectivity index (χ3v) is 6.14. The lowest BCUT2D eigenvalue weighted by molar-refractivity contribution is -0.131. The molecule has 0 spiro atoms. The van der Waals surface area contributed by atoms with Crippen LogP contribution in [0.25, 0.3) is 17.0 Å². The Kier molecular flexibility index (Phi) is 6.24. The van der Waals surface area contributed by atoms with Gasteiger partial charge in [0, 0.05) is 34.3 Å². The Morgan fingerprint density at radius 3 is 2.69 bits per heavy atom. The van der Waals surface area contributed by atoms with Gasteiger partial charge in [-0.05, 0) is 68.1 Å². The van der Waals surface area contributed by atoms with Gasteiger partial charge in [0.2, 0.25) is 0 Å². The van der Waals surface area contributed by atoms with E-state index in [1.807, 2.05) is 30.3 Å². The number of hydrogen-bond donors (Lipinski definition) is 2. The lowest BCUT2D eigenvalue weighted by Gasteiger charge is -2.41. The number of nitrogens with zero attached hydrogens (tertiary/aromatic N) is 1. The zero-order chi connectivity index (χ0) is 22.8. The Labute approximate surface area is 185 Å². The zero-order valence-electron chi connectivity index (χ0n) is 17.9. The Bertz CT molecular complexity index is 1170. The molecule has 166 valence electrons. The van der Waals surface area contributed by atoms with Gasteiger partial charge in [0.25, 0.3) is 0 Å². The summed E-state index contributed by atoms with van der Waals surface area (Å²) < 4.78 is 30.8. The minimum absolute atomic E-state index is 0.0181. The van der Waals surface area contributed by atoms with E-state index < -0.39 is 23.6 Å². The number of rotatable bonds is 7. The number of hydrogen-bond acceptors (Lipinski definition) is 2. The first-order valence-electron chi connectivity index (χ1n) is 10.8. The third-order valence-electron chi connectivity index (χ3n) is 6.14. The molecule has 32 heavy (non-hydrogen) atoms. The van der Waals surface area contributed by atoms with Gasteiger partial charge in [-0.1, -0.05) is 24.3 Å². The SMILES string of the molecule is C=CCCCN1[C@H](c2c(F)cc(/C=C/C(=O)O)cc2F)c2[nH]c3ccccc3c2C[C@H]1C. The molecule has 4 rings (SSSR count). The molecule has 3 aromatic rings. The molecule has 2 atom stereocenters. The van der Waals surface area contributed by atoms with E-state index in [4.69, 9.17) is 5.11 Å². The molecule has 0 unspecified atom stereocenters. The van der Waals surface area contributed by atoms with Crippen LogP contribution in [0.3, 0.4) is 0 Å². The molecule has 0 saturated carbocycles. The summed E-state index contributed by atoms with van der Waals surface area (Å²) in [4.78, 5) is 16.4. The normalized spacial score (nSPS) is 18.8. The van der Waals surface area contributed by atoms with Crippen LogP contribution >= 0.6 is 0 Å². The Morgan fingerprint density at radius 1 is 1.28 bits per heavy atom. The fourth-order valence-corrected chi connectivity index (χ4v) is 4.71. The summed E-state index contributed by atoms with van der Waals surface area (Å²) in [6, 6.07) is 9.79. The summed E-state index contributed by atoms with van der Waals surface area (Å²) in [5.41, 5.74) is 3.01. The largest absolute Gasteiger partial charge is 0.478 e. The summed E-state index contributed by atoms with van der Waals surface area (Å²) in [6.45, 7) is 6.54. The topological polar surface area (TPSA) is 56.3 Å². The van der Waals surface area contributed by atoms with Gasteiger partial charge in [0.1, 0.15) is 11.6 Å². The first-order valence-corrected chi connectivity index (χ1v) is 10.8. The molecule has 0 aliphatic carbocycles. The predicted molar refractivity (Wildman–Crippen MR) is 122 cm³/mol. The van der Waals surface area contributed by atoms with Crippen molar-refractivity contribution in [3.63, 3.8) is 0 Å². The minimum Gasteiger partial charge on any atom is -0.478 e. The van der Waals surface area contributed by atoms with Crippen molar-refractivity contribution < 1.29 is 18.7 Å². The summed E-state index contributed by atoms with van der Waals surface area (Å²) in [5, 5.41) is 9.90. The number of halogens is 2. The maximum absolute atomic E-state index is 15.4. The van der Waals surface area contributed by atoms with Crippen molar-refractivity contribution >= 4 is 22.9 Å². The highest BCUT2D eigenvalue weighted by Gasteiger charge is 2.38. The van der Waals surface area contributed by atoms with Crippen LogP contribution in [0.1, 0.15) is 48.2 Å². The highest BCUT2D eigenvalue weighted by molar-refractivity contribution is 5.86. The van der Waals surface area contributed by atoms with Crippen LogP contribution in [0.2, 0.25) is 0 Å². The van der Waals surface area contributed by atoms with Gasteiger partial charge in [-0.3, -0.25) is 4.90 Å². The minimum atomic E-state index is -1.17. The van der Waals surface area contributed by atoms with Crippen molar-refractivity contribution in [1.82, 2.24) is 9.88 Å². The molecule has 0 radical (unpaired) electrons. The smallest absolute Gasteiger partial charge is 0.328 e. The van der Waals surface area contributed by atoms with Crippen molar-refractivity contribution in [2.24, 2.45) is 0 Å². The lowest BCUT2D eigenvalue weighted by Crippen LogP contribution is -2.43. The van der Waals surface area contributed by atoms with Crippen LogP contribution in [0, 0.1) is 11.6 Å². The van der Waals surface area contributed by atoms with E-state index in [1.165, 1.54) is 18.2 Å². The van der Waals surface area contributed by atoms with Gasteiger partial charge in [-0.15, -0.1) is 6.58 Å². The molecule has 6 heteroatoms. The number of H-pyrrole nitrogens is 1. The Hall–Kier alpha value is -3.25. The monoisotopic (exact) mass is 436 g/mol. The number of aromatic nitrogens is 1. The third kappa shape index (κ3) is 4.10. The molecule has 2 heterocycles. The standard InChI is InChI=1S/C26H26F2N2O2/c1-3-4-7-12-30-16(2)13-19-18-8-5-6-9-22(18)29-25(19)26(30)24-20(27)14-17(15-21(24)28)10-11-23(31)32/h3,5-6,8-11,14-16,26,29H,1,4,7,12-13H2,2H3,(H,31,32)/b11-10+/t16-,26-/m1/s1. The maximum Gasteiger partial charge on any atom is 0.328 e. The van der Waals surface area contributed by atoms with E-state index in [0.717, 1.165) is 47.5 Å². The highest BCUT2D eigenvalue weighted by atomic mass is 19.1. The quantitative estimate of drug-likeness (QED) is 0.278. The summed E-state index contributed by atoms with van der Waals surface area (Å²) in [7, 11) is 0. The molecule has 1 aliphatic heterocycles. The van der Waals surface area contributed by atoms with Crippen molar-refractivity contribution in [1.29, 1.82) is 0 Å². The Balaban J connectivity index is 1.86. The van der Waals surface area contributed by atoms with E-state index >= 15 is 8.78 Å². The average Bonchev–Trinajstić information content (AvgIpc) is 3.11. The van der Waals surface area contributed by atoms with E-state index in [0.29, 0.717) is 6.54 Å². The first kappa shape index (κ1) is 22.0. The number of carboxylic acids is 1. The number of para-hydroxylation sites is 1. The molecular formula is C26H26F2N2O2. The highest BCUT2D eigenvalue weighted by Crippen LogP contribution is 2.42. The number of benzene rings is 2. The van der Waals surface area contributed by atoms with Gasteiger partial charge in [0.15, 0.2) is 0 Å². The molecule has 0 fully saturated rings. The van der Waals surface area contributed by atoms with Crippen molar-refractivity contribution in [3.05, 3.63) is 89.1 Å². The van der Waals surface area contributed by atoms with E-state index in [2.05, 4.69) is 23.4 Å². The number of unbranched alkanes of at least 4 members (excludes halogenated alkanes) is 1. The number of aromatic amines is 1. The number of carboxylic acid groups (broad SMARTS) is 1. The number of carbonyl (C=O) groups is 1. The molecule has 0 amide bonds. The first-order chi connectivity index (χ1) is 15.4. The van der Waals surface area contributed by atoms with Gasteiger partial charge in [0.05, 0.1) is 6.04 Å². The van der Waals surface area contributed by atoms with Gasteiger partial charge in [-0.2, -0.15) is 0 Å². The van der Waals surface area contributed by atoms with E-state index in [1.54, 1.807) is 0 Å². The summed E-state index contributed by atoms with van der Waals surface area (Å²) >= 11 is 0. The van der Waals surface area contributed by atoms with Crippen LogP contribution < -0.4 is 0 Å². The van der Waals surface area contributed by atoms with Crippen LogP contribution in [0.5, 0.6) is 0 Å². The van der Waals surface area contributed by atoms with Crippen LogP contribution in [-0.2, 0) is 11.2 Å². The second-order valence-corrected chi connectivity index (χ2v) is 8.26. The fourth-order valence-electron chi connectivity index (χ4n) is 4.71. The number of aliphatic carboxylic acids is 1. The molecule has 2 N–H and O–H groups in total. The van der Waals surface area contributed by atoms with E-state index in [9.17, 15) is 4.79 Å². The second kappa shape index (κ2) is 9.09. The lowest BCUT2D eigenvalue weighted by atomic mass is 9.87. The van der Waals surface area contributed by atoms with Crippen molar-refractivity contribution in [2.45, 2.75) is 38.3 Å². The zero-order valence-corrected chi connectivity index (χ0v) is 17.9. The Morgan fingerprint density at radius 2 is 2.00 bits per heavy atom. The molecule has 2 aromatic carbocycles. The van der Waals surface area contributed by atoms with Crippen LogP contribution in [-0.4, -0.2) is 33.5 Å². The van der Waals surface area contributed by atoms with Crippen molar-refractivity contribution in [3.8, 4) is 0 Å². The van der Waals surface area contributed by atoms with Crippen LogP contribution in [0.15, 0.2) is 55.1 Å². The number of allylic oxidation sites excluding steroid dienone is 1. The van der Waals surface area contributed by atoms with Gasteiger partial charge in [-0.25, -0.2) is 13.6 Å². The summed E-state index contributed by atoms with van der Waals surface area (Å²) in [6.07, 6.45) is 6.35. The number of fused-ring (bicyclic) bond motifs is 3. The molecule has 0 saturated heterocycles.